The van der Waals surface area contributed by atoms with Crippen LogP contribution in [0.2, 0.25) is 5.02 Å². The molecule has 1 amide bonds. The minimum Gasteiger partial charge on any atom is -0.390 e. The molecule has 0 saturated carbocycles. The summed E-state index contributed by atoms with van der Waals surface area (Å²) in [5, 5.41) is 7.17. The van der Waals surface area contributed by atoms with Crippen molar-refractivity contribution in [3.05, 3.63) is 34.9 Å². The van der Waals surface area contributed by atoms with Crippen LogP contribution in [-0.2, 0) is 4.84 Å². The van der Waals surface area contributed by atoms with Crippen molar-refractivity contribution in [2.75, 3.05) is 6.54 Å². The van der Waals surface area contributed by atoms with Crippen LogP contribution in [0.25, 0.3) is 0 Å². The van der Waals surface area contributed by atoms with Crippen molar-refractivity contribution in [2.24, 2.45) is 5.16 Å². The van der Waals surface area contributed by atoms with Crippen LogP contribution >= 0.6 is 11.6 Å². The van der Waals surface area contributed by atoms with Gasteiger partial charge >= 0.3 is 0 Å². The predicted molar refractivity (Wildman–Crippen MR) is 66.4 cm³/mol. The van der Waals surface area contributed by atoms with Gasteiger partial charge in [0, 0.05) is 17.0 Å². The van der Waals surface area contributed by atoms with Crippen LogP contribution in [0.15, 0.2) is 29.4 Å². The molecule has 5 heteroatoms. The van der Waals surface area contributed by atoms with Gasteiger partial charge < -0.3 is 10.2 Å². The van der Waals surface area contributed by atoms with Gasteiger partial charge in [-0.1, -0.05) is 22.8 Å². The first-order valence-corrected chi connectivity index (χ1v) is 5.76. The lowest BCUT2D eigenvalue weighted by Crippen LogP contribution is -2.32. The van der Waals surface area contributed by atoms with E-state index >= 15 is 0 Å². The molecule has 1 aromatic rings. The smallest absolute Gasteiger partial charge is 0.251 e. The minimum atomic E-state index is -0.152. The highest BCUT2D eigenvalue weighted by Crippen LogP contribution is 2.11. The predicted octanol–water partition coefficient (Wildman–Crippen LogP) is 2.23. The number of rotatable bonds is 3. The van der Waals surface area contributed by atoms with Gasteiger partial charge in [-0.25, -0.2) is 0 Å². The fourth-order valence-corrected chi connectivity index (χ4v) is 1.81. The Morgan fingerprint density at radius 1 is 1.65 bits per heavy atom. The molecule has 0 unspecified atom stereocenters. The van der Waals surface area contributed by atoms with Crippen LogP contribution in [0, 0.1) is 0 Å². The fraction of sp³-hybridized carbons (Fsp3) is 0.333. The Hall–Kier alpha value is -1.55. The fourth-order valence-electron chi connectivity index (χ4n) is 1.62. The Kier molecular flexibility index (Phi) is 3.64. The van der Waals surface area contributed by atoms with Gasteiger partial charge in [-0.2, -0.15) is 0 Å². The summed E-state index contributed by atoms with van der Waals surface area (Å²) in [6.07, 6.45) is 0.702. The van der Waals surface area contributed by atoms with Crippen molar-refractivity contribution in [3.63, 3.8) is 0 Å². The van der Waals surface area contributed by atoms with Crippen molar-refractivity contribution >= 4 is 23.2 Å². The standard InChI is InChI=1S/C12H13ClN2O2/c1-8-5-11(17-15-8)7-14-12(16)9-3-2-4-10(13)6-9/h2-4,6,11H,5,7H2,1H3,(H,14,16)/t11-/m1/s1. The van der Waals surface area contributed by atoms with Crippen molar-refractivity contribution in [1.82, 2.24) is 5.32 Å². The number of carbonyl (C=O) groups excluding carboxylic acids is 1. The third kappa shape index (κ3) is 3.20. The van der Waals surface area contributed by atoms with Gasteiger partial charge in [0.1, 0.15) is 6.10 Å². The second-order valence-electron chi connectivity index (χ2n) is 3.98. The summed E-state index contributed by atoms with van der Waals surface area (Å²) in [5.41, 5.74) is 1.50. The van der Waals surface area contributed by atoms with Gasteiger partial charge in [-0.05, 0) is 25.1 Å². The third-order valence-electron chi connectivity index (χ3n) is 2.46. The zero-order chi connectivity index (χ0) is 12.3. The summed E-state index contributed by atoms with van der Waals surface area (Å²) in [7, 11) is 0. The van der Waals surface area contributed by atoms with Crippen LogP contribution in [0.4, 0.5) is 0 Å². The van der Waals surface area contributed by atoms with E-state index in [0.29, 0.717) is 17.1 Å². The number of carbonyl (C=O) groups is 1. The summed E-state index contributed by atoms with van der Waals surface area (Å²) in [5.74, 6) is -0.152. The van der Waals surface area contributed by atoms with Crippen LogP contribution in [0.1, 0.15) is 23.7 Å². The molecule has 1 N–H and O–H groups in total. The number of hydrogen-bond acceptors (Lipinski definition) is 3. The molecular formula is C12H13ClN2O2. The molecule has 0 bridgehead atoms. The van der Waals surface area contributed by atoms with Gasteiger partial charge in [-0.3, -0.25) is 4.79 Å². The molecule has 0 fully saturated rings. The van der Waals surface area contributed by atoms with Gasteiger partial charge in [0.2, 0.25) is 0 Å². The summed E-state index contributed by atoms with van der Waals surface area (Å²) in [4.78, 5) is 16.9. The molecule has 0 radical (unpaired) electrons. The number of halogens is 1. The molecule has 0 aliphatic carbocycles. The van der Waals surface area contributed by atoms with Gasteiger partial charge in [0.05, 0.1) is 12.3 Å². The summed E-state index contributed by atoms with van der Waals surface area (Å²) in [6.45, 7) is 2.35. The molecule has 4 nitrogen and oxygen atoms in total. The molecule has 17 heavy (non-hydrogen) atoms. The second-order valence-corrected chi connectivity index (χ2v) is 4.41. The summed E-state index contributed by atoms with van der Waals surface area (Å²) >= 11 is 5.81. The summed E-state index contributed by atoms with van der Waals surface area (Å²) < 4.78 is 0. The van der Waals surface area contributed by atoms with Crippen LogP contribution in [-0.4, -0.2) is 24.3 Å². The molecular weight excluding hydrogens is 240 g/mol. The largest absolute Gasteiger partial charge is 0.390 e. The Morgan fingerprint density at radius 3 is 3.12 bits per heavy atom. The lowest BCUT2D eigenvalue weighted by Gasteiger charge is -2.09. The second kappa shape index (κ2) is 5.19. The lowest BCUT2D eigenvalue weighted by molar-refractivity contribution is 0.0753. The maximum atomic E-state index is 11.8. The Bertz CT molecular complexity index is 460. The van der Waals surface area contributed by atoms with Gasteiger partial charge in [0.15, 0.2) is 0 Å². The van der Waals surface area contributed by atoms with E-state index in [0.717, 1.165) is 12.1 Å². The molecule has 1 aromatic carbocycles. The van der Waals surface area contributed by atoms with Gasteiger partial charge in [-0.15, -0.1) is 0 Å². The van der Waals surface area contributed by atoms with E-state index < -0.39 is 0 Å². The molecule has 0 saturated heterocycles. The molecule has 1 aliphatic rings. The van der Waals surface area contributed by atoms with E-state index in [4.69, 9.17) is 16.4 Å². The van der Waals surface area contributed by atoms with Crippen molar-refractivity contribution in [2.45, 2.75) is 19.4 Å². The van der Waals surface area contributed by atoms with Crippen LogP contribution in [0.3, 0.4) is 0 Å². The van der Waals surface area contributed by atoms with Gasteiger partial charge in [0.25, 0.3) is 5.91 Å². The highest BCUT2D eigenvalue weighted by atomic mass is 35.5. The number of amides is 1. The first kappa shape index (κ1) is 11.9. The highest BCUT2D eigenvalue weighted by Gasteiger charge is 2.18. The lowest BCUT2D eigenvalue weighted by atomic mass is 10.2. The van der Waals surface area contributed by atoms with E-state index in [2.05, 4.69) is 10.5 Å². The Labute approximate surface area is 105 Å². The van der Waals surface area contributed by atoms with Crippen molar-refractivity contribution in [3.8, 4) is 0 Å². The molecule has 0 spiro atoms. The maximum Gasteiger partial charge on any atom is 0.251 e. The maximum absolute atomic E-state index is 11.8. The molecule has 1 atom stereocenters. The Balaban J connectivity index is 1.86. The monoisotopic (exact) mass is 252 g/mol. The first-order chi connectivity index (χ1) is 8.15. The average Bonchev–Trinajstić information content (AvgIpc) is 2.72. The quantitative estimate of drug-likeness (QED) is 0.897. The normalized spacial score (nSPS) is 18.5. The van der Waals surface area contributed by atoms with E-state index in [9.17, 15) is 4.79 Å². The van der Waals surface area contributed by atoms with Crippen molar-refractivity contribution < 1.29 is 9.63 Å². The van der Waals surface area contributed by atoms with Crippen LogP contribution in [0.5, 0.6) is 0 Å². The topological polar surface area (TPSA) is 50.7 Å². The summed E-state index contributed by atoms with van der Waals surface area (Å²) in [6, 6.07) is 6.83. The minimum absolute atomic E-state index is 0.0573. The molecule has 1 aliphatic heterocycles. The molecule has 0 aromatic heterocycles. The third-order valence-corrected chi connectivity index (χ3v) is 2.69. The first-order valence-electron chi connectivity index (χ1n) is 5.38. The molecule has 90 valence electrons. The Morgan fingerprint density at radius 2 is 2.47 bits per heavy atom. The zero-order valence-electron chi connectivity index (χ0n) is 9.44. The van der Waals surface area contributed by atoms with E-state index in [1.165, 1.54) is 0 Å². The SMILES string of the molecule is CC1=NO[C@@H](CNC(=O)c2cccc(Cl)c2)C1. The molecule has 2 rings (SSSR count). The number of oxime groups is 1. The van der Waals surface area contributed by atoms with Crippen LogP contribution < -0.4 is 5.32 Å². The average molecular weight is 253 g/mol. The number of nitrogens with one attached hydrogen (secondary N) is 1. The zero-order valence-corrected chi connectivity index (χ0v) is 10.2. The highest BCUT2D eigenvalue weighted by molar-refractivity contribution is 6.30. The van der Waals surface area contributed by atoms with E-state index in [1.54, 1.807) is 24.3 Å². The number of hydrogen-bond donors (Lipinski definition) is 1. The van der Waals surface area contributed by atoms with Crippen molar-refractivity contribution in [1.29, 1.82) is 0 Å². The number of nitrogens with zero attached hydrogens (tertiary/aromatic N) is 1. The number of benzene rings is 1. The van der Waals surface area contributed by atoms with E-state index in [-0.39, 0.29) is 12.0 Å². The molecule has 1 heterocycles. The van der Waals surface area contributed by atoms with E-state index in [1.807, 2.05) is 6.92 Å².